The van der Waals surface area contributed by atoms with Crippen LogP contribution >= 0.6 is 0 Å². The molecular weight excluding hydrogens is 376 g/mol. The Hall–Kier alpha value is -2.29. The number of benzene rings is 1. The quantitative estimate of drug-likeness (QED) is 0.731. The van der Waals surface area contributed by atoms with E-state index in [1.165, 1.54) is 19.2 Å². The third-order valence-corrected chi connectivity index (χ3v) is 6.68. The molecule has 7 nitrogen and oxygen atoms in total. The first-order valence-electron chi connectivity index (χ1n) is 9.38. The molecule has 0 saturated carbocycles. The second kappa shape index (κ2) is 9.27. The lowest BCUT2D eigenvalue weighted by Gasteiger charge is -2.24. The molecule has 3 rings (SSSR count). The smallest absolute Gasteiger partial charge is 0.243 e. The van der Waals surface area contributed by atoms with Crippen molar-refractivity contribution in [1.29, 1.82) is 0 Å². The van der Waals surface area contributed by atoms with Gasteiger partial charge in [-0.3, -0.25) is 14.7 Å². The van der Waals surface area contributed by atoms with E-state index < -0.39 is 10.0 Å². The minimum atomic E-state index is -3.67. The van der Waals surface area contributed by atoms with E-state index in [4.69, 9.17) is 0 Å². The van der Waals surface area contributed by atoms with Gasteiger partial charge in [0.05, 0.1) is 17.1 Å². The molecule has 0 aliphatic carbocycles. The van der Waals surface area contributed by atoms with Crippen LogP contribution in [0.3, 0.4) is 0 Å². The average Bonchev–Trinajstić information content (AvgIpc) is 2.95. The van der Waals surface area contributed by atoms with Gasteiger partial charge in [0, 0.05) is 46.0 Å². The second-order valence-corrected chi connectivity index (χ2v) is 8.95. The van der Waals surface area contributed by atoms with E-state index in [9.17, 15) is 13.2 Å². The Balaban J connectivity index is 1.56. The topological polar surface area (TPSA) is 73.8 Å². The van der Waals surface area contributed by atoms with Crippen molar-refractivity contribution < 1.29 is 13.2 Å². The van der Waals surface area contributed by atoms with E-state index in [0.717, 1.165) is 36.1 Å². The predicted octanol–water partition coefficient (Wildman–Crippen LogP) is 1.44. The minimum Gasteiger partial charge on any atom is -0.340 e. The van der Waals surface area contributed by atoms with Gasteiger partial charge in [0.1, 0.15) is 0 Å². The molecule has 1 aliphatic rings. The molecule has 1 aliphatic heterocycles. The highest BCUT2D eigenvalue weighted by molar-refractivity contribution is 7.89. The Kier molecular flexibility index (Phi) is 6.77. The molecule has 2 heterocycles. The Morgan fingerprint density at radius 3 is 2.50 bits per heavy atom. The maximum Gasteiger partial charge on any atom is 0.243 e. The molecule has 0 bridgehead atoms. The third-order valence-electron chi connectivity index (χ3n) is 4.86. The number of amides is 1. The fraction of sp³-hybridized carbons (Fsp3) is 0.400. The monoisotopic (exact) mass is 402 g/mol. The average molecular weight is 403 g/mol. The number of nitrogens with zero attached hydrogens (tertiary/aromatic N) is 4. The van der Waals surface area contributed by atoms with Crippen LogP contribution in [0.2, 0.25) is 0 Å². The number of hydrogen-bond donors (Lipinski definition) is 0. The zero-order chi connectivity index (χ0) is 20.0. The fourth-order valence-corrected chi connectivity index (χ4v) is 4.39. The van der Waals surface area contributed by atoms with E-state index >= 15 is 0 Å². The molecule has 0 radical (unpaired) electrons. The first-order valence-corrected chi connectivity index (χ1v) is 10.8. The summed E-state index contributed by atoms with van der Waals surface area (Å²) < 4.78 is 26.4. The van der Waals surface area contributed by atoms with Gasteiger partial charge < -0.3 is 4.90 Å². The van der Waals surface area contributed by atoms with Crippen LogP contribution in [0.5, 0.6) is 0 Å². The number of pyridine rings is 1. The van der Waals surface area contributed by atoms with Crippen molar-refractivity contribution in [2.75, 3.05) is 39.8 Å². The van der Waals surface area contributed by atoms with Crippen LogP contribution in [-0.2, 0) is 21.4 Å². The van der Waals surface area contributed by atoms with Gasteiger partial charge in [0.2, 0.25) is 15.9 Å². The van der Waals surface area contributed by atoms with Crippen molar-refractivity contribution in [3.63, 3.8) is 0 Å². The molecule has 1 aromatic carbocycles. The van der Waals surface area contributed by atoms with Crippen molar-refractivity contribution in [2.45, 2.75) is 17.9 Å². The molecule has 2 aromatic rings. The van der Waals surface area contributed by atoms with E-state index in [1.807, 2.05) is 18.2 Å². The van der Waals surface area contributed by atoms with Crippen molar-refractivity contribution in [3.8, 4) is 0 Å². The largest absolute Gasteiger partial charge is 0.340 e. The zero-order valence-corrected chi connectivity index (χ0v) is 16.9. The molecule has 1 aromatic heterocycles. The Bertz CT molecular complexity index is 875. The number of carbonyl (C=O) groups is 1. The minimum absolute atomic E-state index is 0.155. The van der Waals surface area contributed by atoms with Crippen LogP contribution < -0.4 is 0 Å². The standard InChI is InChI=1S/C20H26N4O3S/c1-22(28(26,27)19-9-3-2-4-10-19)17-20(25)24-13-7-12-23(14-15-24)16-18-8-5-6-11-21-18/h2-6,8-11H,7,12-17H2,1H3. The molecule has 0 unspecified atom stereocenters. The highest BCUT2D eigenvalue weighted by Crippen LogP contribution is 2.14. The summed E-state index contributed by atoms with van der Waals surface area (Å²) in [5.74, 6) is -0.165. The summed E-state index contributed by atoms with van der Waals surface area (Å²) in [6.07, 6.45) is 2.64. The lowest BCUT2D eigenvalue weighted by atomic mass is 10.3. The molecule has 0 N–H and O–H groups in total. The molecular formula is C20H26N4O3S. The van der Waals surface area contributed by atoms with E-state index in [1.54, 1.807) is 29.3 Å². The predicted molar refractivity (Wildman–Crippen MR) is 107 cm³/mol. The zero-order valence-electron chi connectivity index (χ0n) is 16.1. The highest BCUT2D eigenvalue weighted by atomic mass is 32.2. The van der Waals surface area contributed by atoms with Crippen LogP contribution in [-0.4, -0.2) is 73.2 Å². The number of rotatable bonds is 6. The van der Waals surface area contributed by atoms with E-state index in [-0.39, 0.29) is 17.3 Å². The van der Waals surface area contributed by atoms with Crippen LogP contribution in [0.15, 0.2) is 59.6 Å². The Morgan fingerprint density at radius 2 is 1.79 bits per heavy atom. The second-order valence-electron chi connectivity index (χ2n) is 6.91. The van der Waals surface area contributed by atoms with Gasteiger partial charge in [-0.15, -0.1) is 0 Å². The van der Waals surface area contributed by atoms with Gasteiger partial charge in [0.15, 0.2) is 0 Å². The molecule has 1 amide bonds. The summed E-state index contributed by atoms with van der Waals surface area (Å²) in [5.41, 5.74) is 1.01. The normalized spacial score (nSPS) is 16.1. The summed E-state index contributed by atoms with van der Waals surface area (Å²) in [4.78, 5) is 21.3. The van der Waals surface area contributed by atoms with Crippen LogP contribution in [0.25, 0.3) is 0 Å². The molecule has 0 spiro atoms. The fourth-order valence-electron chi connectivity index (χ4n) is 3.25. The summed E-state index contributed by atoms with van der Waals surface area (Å²) in [6.45, 7) is 3.46. The van der Waals surface area contributed by atoms with Crippen LogP contribution in [0.4, 0.5) is 0 Å². The Labute approximate surface area is 166 Å². The van der Waals surface area contributed by atoms with E-state index in [0.29, 0.717) is 13.1 Å². The maximum absolute atomic E-state index is 12.7. The van der Waals surface area contributed by atoms with Crippen molar-refractivity contribution in [3.05, 3.63) is 60.4 Å². The lowest BCUT2D eigenvalue weighted by molar-refractivity contribution is -0.131. The summed E-state index contributed by atoms with van der Waals surface area (Å²) >= 11 is 0. The van der Waals surface area contributed by atoms with Crippen molar-refractivity contribution in [1.82, 2.24) is 19.1 Å². The Morgan fingerprint density at radius 1 is 1.04 bits per heavy atom. The van der Waals surface area contributed by atoms with Crippen molar-refractivity contribution in [2.24, 2.45) is 0 Å². The first-order chi connectivity index (χ1) is 13.5. The third kappa shape index (κ3) is 5.15. The number of sulfonamides is 1. The van der Waals surface area contributed by atoms with Gasteiger partial charge in [-0.25, -0.2) is 8.42 Å². The molecule has 28 heavy (non-hydrogen) atoms. The van der Waals surface area contributed by atoms with Gasteiger partial charge >= 0.3 is 0 Å². The molecule has 150 valence electrons. The number of aromatic nitrogens is 1. The van der Waals surface area contributed by atoms with Gasteiger partial charge in [-0.05, 0) is 30.7 Å². The molecule has 1 fully saturated rings. The summed E-state index contributed by atoms with van der Waals surface area (Å²) in [7, 11) is -2.22. The summed E-state index contributed by atoms with van der Waals surface area (Å²) in [6, 6.07) is 14.1. The number of carbonyl (C=O) groups excluding carboxylic acids is 1. The summed E-state index contributed by atoms with van der Waals surface area (Å²) in [5, 5.41) is 0. The van der Waals surface area contributed by atoms with Crippen molar-refractivity contribution >= 4 is 15.9 Å². The van der Waals surface area contributed by atoms with Crippen LogP contribution in [0, 0.1) is 0 Å². The molecule has 1 saturated heterocycles. The SMILES string of the molecule is CN(CC(=O)N1CCCN(Cc2ccccn2)CC1)S(=O)(=O)c1ccccc1. The lowest BCUT2D eigenvalue weighted by Crippen LogP contribution is -2.42. The van der Waals surface area contributed by atoms with Gasteiger partial charge in [0.25, 0.3) is 0 Å². The van der Waals surface area contributed by atoms with Crippen LogP contribution in [0.1, 0.15) is 12.1 Å². The van der Waals surface area contributed by atoms with Gasteiger partial charge in [-0.2, -0.15) is 4.31 Å². The molecule has 0 atom stereocenters. The molecule has 8 heteroatoms. The highest BCUT2D eigenvalue weighted by Gasteiger charge is 2.26. The number of likely N-dealkylation sites (N-methyl/N-ethyl adjacent to an activating group) is 1. The maximum atomic E-state index is 12.7. The van der Waals surface area contributed by atoms with E-state index in [2.05, 4.69) is 9.88 Å². The number of hydrogen-bond acceptors (Lipinski definition) is 5. The first kappa shape index (κ1) is 20.4. The van der Waals surface area contributed by atoms with Gasteiger partial charge in [-0.1, -0.05) is 24.3 Å².